The van der Waals surface area contributed by atoms with Crippen LogP contribution in [-0.4, -0.2) is 25.3 Å². The zero-order valence-electron chi connectivity index (χ0n) is 27.7. The standard InChI is InChI=1S/C40H44N2Si2/c1-40(2,3)27-22-28(41-36-16-12-10-14-32(36)34-25-30(43(4,5)6)18-20-38(34)41)24-29(23-27)42-37-17-13-11-15-33(37)35-26-31(44(7,8)9)19-21-39(35)42/h10-26H,1-9H3. The number of aromatic nitrogens is 2. The molecule has 0 fully saturated rings. The first kappa shape index (κ1) is 28.9. The van der Waals surface area contributed by atoms with Gasteiger partial charge in [0.25, 0.3) is 0 Å². The third kappa shape index (κ3) is 4.67. The molecule has 0 aliphatic carbocycles. The van der Waals surface area contributed by atoms with Crippen molar-refractivity contribution in [1.29, 1.82) is 0 Å². The molecule has 0 amide bonds. The fourth-order valence-electron chi connectivity index (χ4n) is 6.72. The van der Waals surface area contributed by atoms with E-state index >= 15 is 0 Å². The molecule has 0 unspecified atom stereocenters. The van der Waals surface area contributed by atoms with E-state index in [9.17, 15) is 0 Å². The summed E-state index contributed by atoms with van der Waals surface area (Å²) in [4.78, 5) is 0. The number of rotatable bonds is 4. The summed E-state index contributed by atoms with van der Waals surface area (Å²) in [6.07, 6.45) is 0. The summed E-state index contributed by atoms with van der Waals surface area (Å²) >= 11 is 0. The summed E-state index contributed by atoms with van der Waals surface area (Å²) in [5.41, 5.74) is 8.80. The van der Waals surface area contributed by atoms with Gasteiger partial charge in [0.05, 0.1) is 38.2 Å². The van der Waals surface area contributed by atoms with Crippen molar-refractivity contribution in [1.82, 2.24) is 9.13 Å². The SMILES string of the molecule is CC(C)(C)c1cc(-n2c3ccccc3c3cc([Si](C)(C)C)ccc32)cc(-n2c3ccccc3c3cc([Si](C)(C)C)ccc32)c1. The van der Waals surface area contributed by atoms with Crippen LogP contribution in [0, 0.1) is 0 Å². The normalized spacial score (nSPS) is 13.1. The third-order valence-corrected chi connectivity index (χ3v) is 13.4. The van der Waals surface area contributed by atoms with Crippen LogP contribution < -0.4 is 10.4 Å². The molecule has 0 spiro atoms. The molecular weight excluding hydrogens is 565 g/mol. The first-order valence-corrected chi connectivity index (χ1v) is 23.0. The van der Waals surface area contributed by atoms with Gasteiger partial charge in [0.2, 0.25) is 0 Å². The van der Waals surface area contributed by atoms with E-state index in [-0.39, 0.29) is 5.41 Å². The molecule has 0 aliphatic heterocycles. The van der Waals surface area contributed by atoms with Crippen LogP contribution in [0.5, 0.6) is 0 Å². The van der Waals surface area contributed by atoms with E-state index in [2.05, 4.69) is 172 Å². The molecule has 2 aromatic heterocycles. The summed E-state index contributed by atoms with van der Waals surface area (Å²) in [7, 11) is -2.93. The van der Waals surface area contributed by atoms with Crippen molar-refractivity contribution in [2.45, 2.75) is 65.5 Å². The van der Waals surface area contributed by atoms with Crippen molar-refractivity contribution in [2.24, 2.45) is 0 Å². The second-order valence-corrected chi connectivity index (χ2v) is 25.8. The topological polar surface area (TPSA) is 9.86 Å². The van der Waals surface area contributed by atoms with Gasteiger partial charge >= 0.3 is 0 Å². The minimum atomic E-state index is -1.47. The fourth-order valence-corrected chi connectivity index (χ4v) is 9.04. The Labute approximate surface area is 264 Å². The van der Waals surface area contributed by atoms with Gasteiger partial charge in [-0.15, -0.1) is 0 Å². The molecule has 4 heteroatoms. The van der Waals surface area contributed by atoms with Gasteiger partial charge in [-0.3, -0.25) is 0 Å². The van der Waals surface area contributed by atoms with Crippen LogP contribution in [0.4, 0.5) is 0 Å². The molecule has 5 aromatic carbocycles. The lowest BCUT2D eigenvalue weighted by Crippen LogP contribution is -2.37. The van der Waals surface area contributed by atoms with E-state index in [0.717, 1.165) is 0 Å². The molecule has 2 nitrogen and oxygen atoms in total. The van der Waals surface area contributed by atoms with Gasteiger partial charge in [0.1, 0.15) is 0 Å². The monoisotopic (exact) mass is 608 g/mol. The van der Waals surface area contributed by atoms with E-state index in [1.165, 1.54) is 70.9 Å². The lowest BCUT2D eigenvalue weighted by molar-refractivity contribution is 0.589. The van der Waals surface area contributed by atoms with Crippen molar-refractivity contribution in [3.05, 3.63) is 109 Å². The number of para-hydroxylation sites is 2. The second-order valence-electron chi connectivity index (χ2n) is 15.7. The van der Waals surface area contributed by atoms with Gasteiger partial charge in [0.15, 0.2) is 0 Å². The van der Waals surface area contributed by atoms with E-state index < -0.39 is 16.1 Å². The summed E-state index contributed by atoms with van der Waals surface area (Å²) in [5.74, 6) is 0. The second kappa shape index (κ2) is 9.82. The summed E-state index contributed by atoms with van der Waals surface area (Å²) in [6.45, 7) is 21.6. The highest BCUT2D eigenvalue weighted by Gasteiger charge is 2.24. The lowest BCUT2D eigenvalue weighted by Gasteiger charge is -2.23. The Morgan fingerprint density at radius 3 is 1.20 bits per heavy atom. The van der Waals surface area contributed by atoms with Crippen LogP contribution in [0.15, 0.2) is 103 Å². The number of hydrogen-bond acceptors (Lipinski definition) is 0. The van der Waals surface area contributed by atoms with Gasteiger partial charge in [-0.2, -0.15) is 0 Å². The lowest BCUT2D eigenvalue weighted by atomic mass is 9.86. The molecule has 0 bridgehead atoms. The Hall–Kier alpha value is -3.87. The van der Waals surface area contributed by atoms with Crippen LogP contribution >= 0.6 is 0 Å². The molecule has 7 aromatic rings. The van der Waals surface area contributed by atoms with Crippen molar-refractivity contribution < 1.29 is 0 Å². The molecule has 0 radical (unpaired) electrons. The number of hydrogen-bond donors (Lipinski definition) is 0. The van der Waals surface area contributed by atoms with Crippen LogP contribution in [0.3, 0.4) is 0 Å². The molecule has 222 valence electrons. The minimum Gasteiger partial charge on any atom is -0.309 e. The zero-order valence-corrected chi connectivity index (χ0v) is 29.7. The Balaban J connectivity index is 1.57. The average molecular weight is 609 g/mol. The van der Waals surface area contributed by atoms with Crippen LogP contribution in [-0.2, 0) is 5.41 Å². The first-order valence-electron chi connectivity index (χ1n) is 16.0. The molecule has 0 atom stereocenters. The third-order valence-electron chi connectivity index (χ3n) is 9.36. The maximum absolute atomic E-state index is 2.49. The van der Waals surface area contributed by atoms with Gasteiger partial charge in [-0.05, 0) is 53.4 Å². The van der Waals surface area contributed by atoms with Crippen LogP contribution in [0.2, 0.25) is 39.3 Å². The van der Waals surface area contributed by atoms with Crippen LogP contribution in [0.1, 0.15) is 26.3 Å². The largest absolute Gasteiger partial charge is 0.309 e. The number of nitrogens with zero attached hydrogens (tertiary/aromatic N) is 2. The quantitative estimate of drug-likeness (QED) is 0.176. The first-order chi connectivity index (χ1) is 20.7. The maximum atomic E-state index is 2.49. The van der Waals surface area contributed by atoms with Gasteiger partial charge < -0.3 is 9.13 Å². The maximum Gasteiger partial charge on any atom is 0.0776 e. The highest BCUT2D eigenvalue weighted by atomic mass is 28.3. The predicted molar refractivity (Wildman–Crippen MR) is 200 cm³/mol. The van der Waals surface area contributed by atoms with E-state index in [0.29, 0.717) is 0 Å². The minimum absolute atomic E-state index is 0.0156. The molecule has 0 saturated carbocycles. The predicted octanol–water partition coefficient (Wildman–Crippen LogP) is 10.3. The molecular formula is C40H44N2Si2. The summed E-state index contributed by atoms with van der Waals surface area (Å²) < 4.78 is 4.99. The molecule has 7 rings (SSSR count). The van der Waals surface area contributed by atoms with Crippen molar-refractivity contribution in [3.63, 3.8) is 0 Å². The van der Waals surface area contributed by atoms with Crippen LogP contribution in [0.25, 0.3) is 55.0 Å². The van der Waals surface area contributed by atoms with Crippen molar-refractivity contribution in [3.8, 4) is 11.4 Å². The van der Waals surface area contributed by atoms with Crippen molar-refractivity contribution in [2.75, 3.05) is 0 Å². The van der Waals surface area contributed by atoms with Gasteiger partial charge in [0, 0.05) is 32.9 Å². The molecule has 0 aliphatic rings. The van der Waals surface area contributed by atoms with Crippen molar-refractivity contribution >= 4 is 70.1 Å². The Kier molecular flexibility index (Phi) is 6.44. The van der Waals surface area contributed by atoms with Gasteiger partial charge in [-0.25, -0.2) is 0 Å². The van der Waals surface area contributed by atoms with E-state index in [4.69, 9.17) is 0 Å². The Morgan fingerprint density at radius 2 is 0.818 bits per heavy atom. The summed E-state index contributed by atoms with van der Waals surface area (Å²) in [5, 5.41) is 8.33. The van der Waals surface area contributed by atoms with Gasteiger partial charge in [-0.1, -0.05) is 131 Å². The molecule has 0 N–H and O–H groups in total. The average Bonchev–Trinajstić information content (AvgIpc) is 3.48. The summed E-state index contributed by atoms with van der Waals surface area (Å²) in [6, 6.07) is 39.5. The zero-order chi connectivity index (χ0) is 31.2. The molecule has 44 heavy (non-hydrogen) atoms. The number of benzene rings is 5. The highest BCUT2D eigenvalue weighted by molar-refractivity contribution is 6.89. The smallest absolute Gasteiger partial charge is 0.0776 e. The Morgan fingerprint density at radius 1 is 0.432 bits per heavy atom. The number of fused-ring (bicyclic) bond motifs is 6. The fraction of sp³-hybridized carbons (Fsp3) is 0.250. The molecule has 0 saturated heterocycles. The Bertz CT molecular complexity index is 2080. The highest BCUT2D eigenvalue weighted by Crippen LogP contribution is 2.38. The van der Waals surface area contributed by atoms with E-state index in [1.54, 1.807) is 0 Å². The van der Waals surface area contributed by atoms with E-state index in [1.807, 2.05) is 0 Å². The molecule has 2 heterocycles.